The first-order valence-electron chi connectivity index (χ1n) is 6.47. The number of aliphatic hydroxyl groups excluding tert-OH is 1. The zero-order valence-electron chi connectivity index (χ0n) is 11.3. The zero-order valence-corrected chi connectivity index (χ0v) is 12.1. The molecule has 1 heterocycles. The largest absolute Gasteiger partial charge is 0.420 e. The van der Waals surface area contributed by atoms with Gasteiger partial charge in [0.25, 0.3) is 0 Å². The molecule has 0 radical (unpaired) electrons. The van der Waals surface area contributed by atoms with Crippen LogP contribution in [0.2, 0.25) is 0 Å². The minimum absolute atomic E-state index is 0.00502. The lowest BCUT2D eigenvalue weighted by Gasteiger charge is -2.31. The van der Waals surface area contributed by atoms with E-state index in [1.54, 1.807) is 11.8 Å². The summed E-state index contributed by atoms with van der Waals surface area (Å²) in [7, 11) is 0. The molecule has 0 aromatic heterocycles. The summed E-state index contributed by atoms with van der Waals surface area (Å²) in [5.41, 5.74) is 0. The monoisotopic (exact) mass is 275 g/mol. The van der Waals surface area contributed by atoms with Crippen molar-refractivity contribution in [3.05, 3.63) is 16.2 Å². The maximum atomic E-state index is 11.0. The molecular formula is C12H23N2O3S-. The normalized spacial score (nSPS) is 26.2. The van der Waals surface area contributed by atoms with E-state index >= 15 is 0 Å². The van der Waals surface area contributed by atoms with Gasteiger partial charge in [-0.25, -0.2) is 0 Å². The third-order valence-electron chi connectivity index (χ3n) is 3.17. The molecule has 2 N–H and O–H groups in total. The topological polar surface area (TPSA) is 75.4 Å². The summed E-state index contributed by atoms with van der Waals surface area (Å²) in [6.07, 6.45) is 4.33. The zero-order chi connectivity index (χ0) is 13.8. The average Bonchev–Trinajstić information content (AvgIpc) is 2.55. The summed E-state index contributed by atoms with van der Waals surface area (Å²) >= 11 is 1.74. The average molecular weight is 275 g/mol. The van der Waals surface area contributed by atoms with Crippen LogP contribution in [0, 0.1) is 16.2 Å². The molecule has 0 bridgehead atoms. The molecule has 6 heteroatoms. The standard InChI is InChI=1S/C12H23N2O3S/c1-4-5-6-7-10-11(9(8-15)14(16)17)13-12(2,3)18-10/h10-11,13,15H,4-8H2,1-3H3/q-1. The highest BCUT2D eigenvalue weighted by molar-refractivity contribution is 8.01. The van der Waals surface area contributed by atoms with E-state index in [9.17, 15) is 15.2 Å². The Morgan fingerprint density at radius 3 is 2.67 bits per heavy atom. The smallest absolute Gasteiger partial charge is 0.0573 e. The second-order valence-corrected chi connectivity index (χ2v) is 7.05. The number of thioether (sulfide) groups is 1. The summed E-state index contributed by atoms with van der Waals surface area (Å²) in [5.74, 6) is 0. The van der Waals surface area contributed by atoms with Gasteiger partial charge in [0.05, 0.1) is 4.87 Å². The minimum atomic E-state index is -0.481. The van der Waals surface area contributed by atoms with Crippen molar-refractivity contribution in [3.8, 4) is 0 Å². The first-order chi connectivity index (χ1) is 8.41. The van der Waals surface area contributed by atoms with Crippen LogP contribution in [-0.4, -0.2) is 32.8 Å². The molecule has 0 amide bonds. The Morgan fingerprint density at radius 2 is 2.17 bits per heavy atom. The second-order valence-electron chi connectivity index (χ2n) is 5.19. The van der Waals surface area contributed by atoms with E-state index in [-0.39, 0.29) is 22.2 Å². The molecule has 0 spiro atoms. The van der Waals surface area contributed by atoms with Crippen molar-refractivity contribution in [1.82, 2.24) is 5.32 Å². The Balaban J connectivity index is 2.68. The molecule has 1 aliphatic rings. The number of hydrogen-bond donors (Lipinski definition) is 2. The third-order valence-corrected chi connectivity index (χ3v) is 4.69. The van der Waals surface area contributed by atoms with Crippen LogP contribution < -0.4 is 5.32 Å². The van der Waals surface area contributed by atoms with Crippen molar-refractivity contribution in [1.29, 1.82) is 0 Å². The van der Waals surface area contributed by atoms with Gasteiger partial charge in [-0.3, -0.25) is 10.1 Å². The predicted octanol–water partition coefficient (Wildman–Crippen LogP) is 2.18. The Morgan fingerprint density at radius 1 is 1.50 bits per heavy atom. The lowest BCUT2D eigenvalue weighted by atomic mass is 10.0. The van der Waals surface area contributed by atoms with Gasteiger partial charge in [0.1, 0.15) is 0 Å². The molecule has 1 aliphatic heterocycles. The quantitative estimate of drug-likeness (QED) is 0.322. The Kier molecular flexibility index (Phi) is 5.75. The number of hydrogen-bond acceptors (Lipinski definition) is 5. The van der Waals surface area contributed by atoms with Crippen LogP contribution in [-0.2, 0) is 0 Å². The molecule has 1 fully saturated rings. The molecule has 2 unspecified atom stereocenters. The summed E-state index contributed by atoms with van der Waals surface area (Å²) < 4.78 is 0. The van der Waals surface area contributed by atoms with Crippen LogP contribution in [0.3, 0.4) is 0 Å². The molecule has 0 aromatic rings. The van der Waals surface area contributed by atoms with Gasteiger partial charge >= 0.3 is 0 Å². The van der Waals surface area contributed by atoms with Gasteiger partial charge in [0.15, 0.2) is 0 Å². The second kappa shape index (κ2) is 6.63. The Hall–Kier alpha value is -0.460. The number of rotatable bonds is 7. The molecule has 18 heavy (non-hydrogen) atoms. The van der Waals surface area contributed by atoms with Gasteiger partial charge in [0.2, 0.25) is 0 Å². The van der Waals surface area contributed by atoms with Crippen molar-refractivity contribution in [3.63, 3.8) is 0 Å². The van der Waals surface area contributed by atoms with Gasteiger partial charge in [-0.2, -0.15) is 0 Å². The molecular weight excluding hydrogens is 252 g/mol. The predicted molar refractivity (Wildman–Crippen MR) is 73.8 cm³/mol. The molecule has 0 saturated carbocycles. The van der Waals surface area contributed by atoms with Gasteiger partial charge in [-0.05, 0) is 39.0 Å². The maximum absolute atomic E-state index is 11.0. The molecule has 0 aromatic carbocycles. The van der Waals surface area contributed by atoms with Crippen molar-refractivity contribution in [2.75, 3.05) is 6.61 Å². The van der Waals surface area contributed by atoms with E-state index in [1.165, 1.54) is 0 Å². The van der Waals surface area contributed by atoms with Crippen molar-refractivity contribution < 1.29 is 10.0 Å². The van der Waals surface area contributed by atoms with Crippen molar-refractivity contribution in [2.24, 2.45) is 0 Å². The van der Waals surface area contributed by atoms with Crippen molar-refractivity contribution >= 4 is 11.8 Å². The van der Waals surface area contributed by atoms with E-state index in [0.717, 1.165) is 25.7 Å². The van der Waals surface area contributed by atoms with Gasteiger partial charge < -0.3 is 10.4 Å². The van der Waals surface area contributed by atoms with E-state index < -0.39 is 11.5 Å². The molecule has 2 atom stereocenters. The van der Waals surface area contributed by atoms with Crippen LogP contribution in [0.15, 0.2) is 0 Å². The van der Waals surface area contributed by atoms with E-state index in [0.29, 0.717) is 0 Å². The Bertz CT molecular complexity index is 286. The van der Waals surface area contributed by atoms with Crippen LogP contribution in [0.5, 0.6) is 0 Å². The van der Waals surface area contributed by atoms with E-state index in [1.807, 2.05) is 13.8 Å². The number of nitro groups is 1. The highest BCUT2D eigenvalue weighted by Gasteiger charge is 2.40. The number of nitrogens with zero attached hydrogens (tertiary/aromatic N) is 1. The van der Waals surface area contributed by atoms with E-state index in [4.69, 9.17) is 0 Å². The third kappa shape index (κ3) is 4.03. The minimum Gasteiger partial charge on any atom is -0.420 e. The van der Waals surface area contributed by atoms with Crippen LogP contribution >= 0.6 is 11.8 Å². The fourth-order valence-electron chi connectivity index (χ4n) is 2.34. The molecule has 1 rings (SSSR count). The van der Waals surface area contributed by atoms with Crippen LogP contribution in [0.25, 0.3) is 0 Å². The first kappa shape index (κ1) is 15.6. The summed E-state index contributed by atoms with van der Waals surface area (Å²) in [6.45, 7) is 5.72. The molecule has 106 valence electrons. The van der Waals surface area contributed by atoms with Gasteiger partial charge in [-0.15, -0.1) is 16.7 Å². The Labute approximate surface area is 113 Å². The van der Waals surface area contributed by atoms with Crippen LogP contribution in [0.4, 0.5) is 0 Å². The fourth-order valence-corrected chi connectivity index (χ4v) is 3.93. The fraction of sp³-hybridized carbons (Fsp3) is 0.917. The highest BCUT2D eigenvalue weighted by atomic mass is 32.2. The summed E-state index contributed by atoms with van der Waals surface area (Å²) in [5, 5.41) is 23.6. The number of nitrogens with one attached hydrogen (secondary N) is 1. The number of aliphatic hydroxyl groups is 1. The SMILES string of the molecule is CCCCCC1SC(C)(C)NC1[C-](CO)[N+](=O)[O-]. The molecule has 0 aliphatic carbocycles. The van der Waals surface area contributed by atoms with Gasteiger partial charge in [-0.1, -0.05) is 26.2 Å². The maximum Gasteiger partial charge on any atom is 0.0573 e. The molecule has 1 saturated heterocycles. The lowest BCUT2D eigenvalue weighted by molar-refractivity contribution is -0.475. The van der Waals surface area contributed by atoms with Crippen molar-refractivity contribution in [2.45, 2.75) is 62.6 Å². The first-order valence-corrected chi connectivity index (χ1v) is 7.35. The highest BCUT2D eigenvalue weighted by Crippen LogP contribution is 2.41. The van der Waals surface area contributed by atoms with Gasteiger partial charge in [0, 0.05) is 5.25 Å². The summed E-state index contributed by atoms with van der Waals surface area (Å²) in [4.78, 5) is 10.4. The molecule has 5 nitrogen and oxygen atoms in total. The lowest BCUT2D eigenvalue weighted by Crippen LogP contribution is -2.46. The van der Waals surface area contributed by atoms with E-state index in [2.05, 4.69) is 12.2 Å². The summed E-state index contributed by atoms with van der Waals surface area (Å²) in [6, 6.07) is -0.323. The number of unbranched alkanes of at least 4 members (excludes halogenated alkanes) is 2. The van der Waals surface area contributed by atoms with Crippen LogP contribution in [0.1, 0.15) is 46.5 Å².